The third kappa shape index (κ3) is 4.47. The summed E-state index contributed by atoms with van der Waals surface area (Å²) in [6.07, 6.45) is -2.31. The second-order valence-electron chi connectivity index (χ2n) is 3.26. The summed E-state index contributed by atoms with van der Waals surface area (Å²) in [4.78, 5) is 0. The maximum atomic E-state index is 11.5. The highest BCUT2D eigenvalue weighted by molar-refractivity contribution is 4.91. The molecule has 1 aliphatic rings. The van der Waals surface area contributed by atoms with Crippen LogP contribution in [0.3, 0.4) is 0 Å². The lowest BCUT2D eigenvalue weighted by Crippen LogP contribution is -2.26. The van der Waals surface area contributed by atoms with Gasteiger partial charge in [-0.3, -0.25) is 4.74 Å². The van der Waals surface area contributed by atoms with Gasteiger partial charge in [0, 0.05) is 12.6 Å². The summed E-state index contributed by atoms with van der Waals surface area (Å²) >= 11 is 0. The molecule has 1 fully saturated rings. The molecule has 2 nitrogen and oxygen atoms in total. The van der Waals surface area contributed by atoms with E-state index in [0.29, 0.717) is 12.0 Å². The van der Waals surface area contributed by atoms with Gasteiger partial charge in [-0.1, -0.05) is 13.3 Å². The molecule has 0 saturated heterocycles. The Labute approximate surface area is 75.4 Å². The molecular formula is C8H14F3NO. The summed E-state index contributed by atoms with van der Waals surface area (Å²) in [6.45, 7) is 2.07. The van der Waals surface area contributed by atoms with Gasteiger partial charge in [-0.05, 0) is 12.3 Å². The van der Waals surface area contributed by atoms with Crippen molar-refractivity contribution in [1.82, 2.24) is 5.32 Å². The van der Waals surface area contributed by atoms with Gasteiger partial charge in [0.05, 0.1) is 6.61 Å². The summed E-state index contributed by atoms with van der Waals surface area (Å²) < 4.78 is 38.1. The van der Waals surface area contributed by atoms with Crippen molar-refractivity contribution >= 4 is 0 Å². The molecule has 0 spiro atoms. The van der Waals surface area contributed by atoms with E-state index in [-0.39, 0.29) is 13.2 Å². The molecule has 5 heteroatoms. The Morgan fingerprint density at radius 3 is 2.62 bits per heavy atom. The quantitative estimate of drug-likeness (QED) is 0.680. The van der Waals surface area contributed by atoms with Crippen molar-refractivity contribution in [2.45, 2.75) is 32.2 Å². The topological polar surface area (TPSA) is 21.3 Å². The number of alkyl halides is 3. The third-order valence-electron chi connectivity index (χ3n) is 2.22. The molecule has 1 aliphatic carbocycles. The van der Waals surface area contributed by atoms with Crippen molar-refractivity contribution in [1.29, 1.82) is 0 Å². The average molecular weight is 197 g/mol. The Kier molecular flexibility index (Phi) is 3.55. The average Bonchev–Trinajstić information content (AvgIpc) is 2.75. The molecule has 0 aromatic carbocycles. The monoisotopic (exact) mass is 197 g/mol. The Balaban J connectivity index is 1.91. The van der Waals surface area contributed by atoms with E-state index in [2.05, 4.69) is 17.0 Å². The Bertz CT molecular complexity index is 160. The number of hydrogen-bond donors (Lipinski definition) is 1. The van der Waals surface area contributed by atoms with Crippen LogP contribution in [0.15, 0.2) is 0 Å². The molecule has 2 atom stereocenters. The fraction of sp³-hybridized carbons (Fsp3) is 1.00. The largest absolute Gasteiger partial charge is 0.522 e. The van der Waals surface area contributed by atoms with Gasteiger partial charge in [-0.15, -0.1) is 13.2 Å². The van der Waals surface area contributed by atoms with E-state index in [1.807, 2.05) is 0 Å². The molecule has 0 aromatic heterocycles. The summed E-state index contributed by atoms with van der Waals surface area (Å²) in [5.41, 5.74) is 0. The highest BCUT2D eigenvalue weighted by atomic mass is 19.4. The maximum Gasteiger partial charge on any atom is 0.522 e. The van der Waals surface area contributed by atoms with E-state index in [1.165, 1.54) is 0 Å². The zero-order valence-corrected chi connectivity index (χ0v) is 7.53. The van der Waals surface area contributed by atoms with Gasteiger partial charge >= 0.3 is 6.36 Å². The fourth-order valence-corrected chi connectivity index (χ4v) is 1.36. The van der Waals surface area contributed by atoms with Gasteiger partial charge in [-0.2, -0.15) is 0 Å². The first kappa shape index (κ1) is 10.8. The Morgan fingerprint density at radius 1 is 1.46 bits per heavy atom. The van der Waals surface area contributed by atoms with Crippen LogP contribution in [0, 0.1) is 5.92 Å². The molecule has 1 rings (SSSR count). The van der Waals surface area contributed by atoms with Crippen LogP contribution in [0.5, 0.6) is 0 Å². The molecular weight excluding hydrogens is 183 g/mol. The van der Waals surface area contributed by atoms with Gasteiger partial charge in [-0.25, -0.2) is 0 Å². The summed E-state index contributed by atoms with van der Waals surface area (Å²) in [5.74, 6) is 0.658. The van der Waals surface area contributed by atoms with Crippen LogP contribution in [-0.4, -0.2) is 25.6 Å². The predicted molar refractivity (Wildman–Crippen MR) is 42.2 cm³/mol. The molecule has 13 heavy (non-hydrogen) atoms. The van der Waals surface area contributed by atoms with Crippen molar-refractivity contribution in [3.8, 4) is 0 Å². The molecule has 78 valence electrons. The molecule has 1 N–H and O–H groups in total. The Morgan fingerprint density at radius 2 is 2.15 bits per heavy atom. The Hall–Kier alpha value is -0.290. The summed E-state index contributed by atoms with van der Waals surface area (Å²) in [6, 6.07) is 0.418. The molecule has 0 aromatic rings. The van der Waals surface area contributed by atoms with Crippen molar-refractivity contribution in [2.24, 2.45) is 5.92 Å². The molecule has 1 saturated carbocycles. The van der Waals surface area contributed by atoms with Crippen LogP contribution >= 0.6 is 0 Å². The number of hydrogen-bond acceptors (Lipinski definition) is 2. The van der Waals surface area contributed by atoms with E-state index in [1.54, 1.807) is 0 Å². The zero-order valence-electron chi connectivity index (χ0n) is 7.53. The number of nitrogens with one attached hydrogen (secondary N) is 1. The van der Waals surface area contributed by atoms with Gasteiger partial charge < -0.3 is 5.32 Å². The minimum atomic E-state index is -4.49. The van der Waals surface area contributed by atoms with Crippen molar-refractivity contribution in [3.05, 3.63) is 0 Å². The van der Waals surface area contributed by atoms with E-state index >= 15 is 0 Å². The second-order valence-corrected chi connectivity index (χ2v) is 3.26. The molecule has 0 bridgehead atoms. The van der Waals surface area contributed by atoms with Crippen molar-refractivity contribution in [2.75, 3.05) is 13.2 Å². The standard InChI is InChI=1S/C8H14F3NO/c1-2-6-5-7(6)12-3-4-13-8(9,10)11/h6-7,12H,2-5H2,1H3. The summed E-state index contributed by atoms with van der Waals surface area (Å²) in [7, 11) is 0. The number of rotatable bonds is 5. The lowest BCUT2D eigenvalue weighted by atomic mass is 10.3. The van der Waals surface area contributed by atoms with Crippen LogP contribution in [0.2, 0.25) is 0 Å². The third-order valence-corrected chi connectivity index (χ3v) is 2.22. The highest BCUT2D eigenvalue weighted by Gasteiger charge is 2.35. The van der Waals surface area contributed by atoms with Crippen molar-refractivity contribution in [3.63, 3.8) is 0 Å². The predicted octanol–water partition coefficient (Wildman–Crippen LogP) is 1.91. The molecule has 0 aliphatic heterocycles. The first-order valence-corrected chi connectivity index (χ1v) is 4.47. The lowest BCUT2D eigenvalue weighted by Gasteiger charge is -2.07. The van der Waals surface area contributed by atoms with Crippen LogP contribution in [0.1, 0.15) is 19.8 Å². The van der Waals surface area contributed by atoms with Gasteiger partial charge in [0.15, 0.2) is 0 Å². The number of ether oxygens (including phenoxy) is 1. The van der Waals surface area contributed by atoms with Crippen LogP contribution in [-0.2, 0) is 4.74 Å². The molecule has 2 unspecified atom stereocenters. The van der Waals surface area contributed by atoms with Gasteiger partial charge in [0.25, 0.3) is 0 Å². The highest BCUT2D eigenvalue weighted by Crippen LogP contribution is 2.32. The SMILES string of the molecule is CCC1CC1NCCOC(F)(F)F. The smallest absolute Gasteiger partial charge is 0.311 e. The van der Waals surface area contributed by atoms with Crippen LogP contribution in [0.25, 0.3) is 0 Å². The van der Waals surface area contributed by atoms with E-state index in [4.69, 9.17) is 0 Å². The molecule has 0 heterocycles. The first-order valence-electron chi connectivity index (χ1n) is 4.47. The van der Waals surface area contributed by atoms with Gasteiger partial charge in [0.2, 0.25) is 0 Å². The maximum absolute atomic E-state index is 11.5. The summed E-state index contributed by atoms with van der Waals surface area (Å²) in [5, 5.41) is 3.01. The number of halogens is 3. The fourth-order valence-electron chi connectivity index (χ4n) is 1.36. The second kappa shape index (κ2) is 4.28. The lowest BCUT2D eigenvalue weighted by molar-refractivity contribution is -0.323. The van der Waals surface area contributed by atoms with E-state index < -0.39 is 6.36 Å². The van der Waals surface area contributed by atoms with Gasteiger partial charge in [0.1, 0.15) is 0 Å². The van der Waals surface area contributed by atoms with E-state index in [9.17, 15) is 13.2 Å². The minimum Gasteiger partial charge on any atom is -0.311 e. The van der Waals surface area contributed by atoms with Crippen LogP contribution < -0.4 is 5.32 Å². The minimum absolute atomic E-state index is 0.278. The zero-order chi connectivity index (χ0) is 9.90. The molecule has 0 radical (unpaired) electrons. The first-order chi connectivity index (χ1) is 6.03. The normalized spacial score (nSPS) is 27.7. The van der Waals surface area contributed by atoms with Crippen molar-refractivity contribution < 1.29 is 17.9 Å². The van der Waals surface area contributed by atoms with E-state index in [0.717, 1.165) is 12.8 Å². The van der Waals surface area contributed by atoms with Crippen LogP contribution in [0.4, 0.5) is 13.2 Å². The molecule has 0 amide bonds.